The van der Waals surface area contributed by atoms with Crippen molar-refractivity contribution in [1.29, 1.82) is 0 Å². The summed E-state index contributed by atoms with van der Waals surface area (Å²) in [4.78, 5) is 11.8. The lowest BCUT2D eigenvalue weighted by molar-refractivity contribution is -0.122. The number of nitrogens with zero attached hydrogens (tertiary/aromatic N) is 1. The van der Waals surface area contributed by atoms with Gasteiger partial charge in [-0.3, -0.25) is 4.79 Å². The fraction of sp³-hybridized carbons (Fsp3) is 0.500. The van der Waals surface area contributed by atoms with Gasteiger partial charge in [0.2, 0.25) is 15.9 Å². The summed E-state index contributed by atoms with van der Waals surface area (Å²) < 4.78 is 37.5. The van der Waals surface area contributed by atoms with Gasteiger partial charge in [-0.05, 0) is 31.0 Å². The Bertz CT molecular complexity index is 572. The normalized spacial score (nSPS) is 13.2. The van der Waals surface area contributed by atoms with Gasteiger partial charge in [-0.2, -0.15) is 4.31 Å². The molecule has 0 unspecified atom stereocenters. The summed E-state index contributed by atoms with van der Waals surface area (Å²) in [6.45, 7) is 3.56. The molecule has 1 atom stereocenters. The van der Waals surface area contributed by atoms with Crippen LogP contribution in [-0.2, 0) is 21.4 Å². The Balaban J connectivity index is 2.78. The predicted molar refractivity (Wildman–Crippen MR) is 79.5 cm³/mol. The third kappa shape index (κ3) is 6.22. The molecule has 0 bridgehead atoms. The third-order valence-corrected chi connectivity index (χ3v) is 4.28. The van der Waals surface area contributed by atoms with Crippen LogP contribution in [-0.4, -0.2) is 37.5 Å². The molecule has 0 spiro atoms. The molecule has 0 aliphatic heterocycles. The van der Waals surface area contributed by atoms with Crippen molar-refractivity contribution in [2.24, 2.45) is 0 Å². The highest BCUT2D eigenvalue weighted by molar-refractivity contribution is 7.88. The van der Waals surface area contributed by atoms with Crippen molar-refractivity contribution in [1.82, 2.24) is 9.62 Å². The quantitative estimate of drug-likeness (QED) is 0.829. The van der Waals surface area contributed by atoms with Gasteiger partial charge < -0.3 is 5.32 Å². The van der Waals surface area contributed by atoms with Crippen LogP contribution in [0, 0.1) is 5.82 Å². The molecule has 0 radical (unpaired) electrons. The Kier molecular flexibility index (Phi) is 6.29. The SMILES string of the molecule is CC[C@@H](C)NC(=O)CN(Cc1ccc(F)cc1)S(C)(=O)=O. The zero-order chi connectivity index (χ0) is 16.0. The van der Waals surface area contributed by atoms with Crippen molar-refractivity contribution in [3.63, 3.8) is 0 Å². The Morgan fingerprint density at radius 3 is 2.38 bits per heavy atom. The molecule has 0 saturated heterocycles. The second kappa shape index (κ2) is 7.51. The van der Waals surface area contributed by atoms with Gasteiger partial charge in [-0.25, -0.2) is 12.8 Å². The highest BCUT2D eigenvalue weighted by Crippen LogP contribution is 2.09. The van der Waals surface area contributed by atoms with E-state index in [1.54, 1.807) is 0 Å². The van der Waals surface area contributed by atoms with Crippen LogP contribution < -0.4 is 5.32 Å². The zero-order valence-corrected chi connectivity index (χ0v) is 13.3. The van der Waals surface area contributed by atoms with E-state index in [9.17, 15) is 17.6 Å². The fourth-order valence-electron chi connectivity index (χ4n) is 1.67. The van der Waals surface area contributed by atoms with Crippen molar-refractivity contribution in [3.8, 4) is 0 Å². The molecular weight excluding hydrogens is 295 g/mol. The number of benzene rings is 1. The minimum atomic E-state index is -3.53. The van der Waals surface area contributed by atoms with Gasteiger partial charge in [0, 0.05) is 12.6 Å². The van der Waals surface area contributed by atoms with E-state index in [1.807, 2.05) is 13.8 Å². The van der Waals surface area contributed by atoms with Crippen LogP contribution in [0.3, 0.4) is 0 Å². The first-order valence-corrected chi connectivity index (χ1v) is 8.56. The van der Waals surface area contributed by atoms with Gasteiger partial charge in [-0.15, -0.1) is 0 Å². The molecule has 1 rings (SSSR count). The van der Waals surface area contributed by atoms with Crippen molar-refractivity contribution >= 4 is 15.9 Å². The molecule has 0 heterocycles. The molecule has 1 N–H and O–H groups in total. The number of nitrogens with one attached hydrogen (secondary N) is 1. The Labute approximate surface area is 125 Å². The number of rotatable bonds is 7. The van der Waals surface area contributed by atoms with Crippen LogP contribution in [0.5, 0.6) is 0 Å². The van der Waals surface area contributed by atoms with Crippen molar-refractivity contribution < 1.29 is 17.6 Å². The van der Waals surface area contributed by atoms with E-state index in [0.717, 1.165) is 17.0 Å². The second-order valence-corrected chi connectivity index (χ2v) is 7.02. The van der Waals surface area contributed by atoms with Crippen molar-refractivity contribution in [3.05, 3.63) is 35.6 Å². The Morgan fingerprint density at radius 2 is 1.90 bits per heavy atom. The lowest BCUT2D eigenvalue weighted by Crippen LogP contribution is -2.42. The van der Waals surface area contributed by atoms with E-state index < -0.39 is 10.0 Å². The predicted octanol–water partition coefficient (Wildman–Crippen LogP) is 1.50. The standard InChI is InChI=1S/C14H21FN2O3S/c1-4-11(2)16-14(18)10-17(21(3,19)20)9-12-5-7-13(15)8-6-12/h5-8,11H,4,9-10H2,1-3H3,(H,16,18)/t11-/m1/s1. The largest absolute Gasteiger partial charge is 0.353 e. The van der Waals surface area contributed by atoms with E-state index in [4.69, 9.17) is 0 Å². The molecular formula is C14H21FN2O3S. The van der Waals surface area contributed by atoms with Crippen LogP contribution in [0.2, 0.25) is 0 Å². The van der Waals surface area contributed by atoms with E-state index in [1.165, 1.54) is 24.3 Å². The van der Waals surface area contributed by atoms with Crippen LogP contribution in [0.15, 0.2) is 24.3 Å². The van der Waals surface area contributed by atoms with Gasteiger partial charge >= 0.3 is 0 Å². The maximum atomic E-state index is 12.9. The third-order valence-electron chi connectivity index (χ3n) is 3.08. The number of carbonyl (C=O) groups is 1. The van der Waals surface area contributed by atoms with Crippen molar-refractivity contribution in [2.45, 2.75) is 32.9 Å². The van der Waals surface area contributed by atoms with Crippen LogP contribution in [0.25, 0.3) is 0 Å². The molecule has 0 aliphatic rings. The number of carbonyl (C=O) groups excluding carboxylic acids is 1. The number of amides is 1. The van der Waals surface area contributed by atoms with E-state index >= 15 is 0 Å². The molecule has 7 heteroatoms. The first kappa shape index (κ1) is 17.6. The highest BCUT2D eigenvalue weighted by atomic mass is 32.2. The summed E-state index contributed by atoms with van der Waals surface area (Å²) in [6, 6.07) is 5.51. The van der Waals surface area contributed by atoms with Crippen LogP contribution in [0.4, 0.5) is 4.39 Å². The van der Waals surface area contributed by atoms with Gasteiger partial charge in [0.25, 0.3) is 0 Å². The molecule has 0 saturated carbocycles. The Morgan fingerprint density at radius 1 is 1.33 bits per heavy atom. The first-order chi connectivity index (χ1) is 9.72. The van der Waals surface area contributed by atoms with Gasteiger partial charge in [0.05, 0.1) is 12.8 Å². The summed E-state index contributed by atoms with van der Waals surface area (Å²) in [5, 5.41) is 2.72. The minimum absolute atomic E-state index is 0.00951. The number of sulfonamides is 1. The maximum absolute atomic E-state index is 12.9. The summed E-state index contributed by atoms with van der Waals surface area (Å²) in [7, 11) is -3.53. The number of hydrogen-bond donors (Lipinski definition) is 1. The summed E-state index contributed by atoms with van der Waals surface area (Å²) in [5.41, 5.74) is 0.623. The summed E-state index contributed by atoms with van der Waals surface area (Å²) in [5.74, 6) is -0.740. The topological polar surface area (TPSA) is 66.5 Å². The molecule has 0 fully saturated rings. The van der Waals surface area contributed by atoms with Crippen molar-refractivity contribution in [2.75, 3.05) is 12.8 Å². The lowest BCUT2D eigenvalue weighted by Gasteiger charge is -2.21. The Hall–Kier alpha value is -1.47. The molecule has 0 aliphatic carbocycles. The zero-order valence-electron chi connectivity index (χ0n) is 12.5. The fourth-order valence-corrected chi connectivity index (χ4v) is 2.40. The first-order valence-electron chi connectivity index (χ1n) is 6.71. The molecule has 1 amide bonds. The highest BCUT2D eigenvalue weighted by Gasteiger charge is 2.21. The molecule has 1 aromatic rings. The molecule has 21 heavy (non-hydrogen) atoms. The smallest absolute Gasteiger partial charge is 0.235 e. The van der Waals surface area contributed by atoms with E-state index in [2.05, 4.69) is 5.32 Å². The van der Waals surface area contributed by atoms with E-state index in [-0.39, 0.29) is 30.9 Å². The lowest BCUT2D eigenvalue weighted by atomic mass is 10.2. The summed E-state index contributed by atoms with van der Waals surface area (Å²) >= 11 is 0. The van der Waals surface area contributed by atoms with Gasteiger partial charge in [0.1, 0.15) is 5.82 Å². The number of hydrogen-bond acceptors (Lipinski definition) is 3. The molecule has 5 nitrogen and oxygen atoms in total. The second-order valence-electron chi connectivity index (χ2n) is 5.03. The number of halogens is 1. The molecule has 118 valence electrons. The average molecular weight is 316 g/mol. The molecule has 1 aromatic carbocycles. The van der Waals surface area contributed by atoms with Gasteiger partial charge in [0.15, 0.2) is 0 Å². The minimum Gasteiger partial charge on any atom is -0.353 e. The summed E-state index contributed by atoms with van der Waals surface area (Å²) in [6.07, 6.45) is 1.82. The monoisotopic (exact) mass is 316 g/mol. The van der Waals surface area contributed by atoms with Gasteiger partial charge in [-0.1, -0.05) is 19.1 Å². The van der Waals surface area contributed by atoms with Crippen LogP contribution >= 0.6 is 0 Å². The maximum Gasteiger partial charge on any atom is 0.235 e. The average Bonchev–Trinajstić information content (AvgIpc) is 2.39. The van der Waals surface area contributed by atoms with E-state index in [0.29, 0.717) is 5.56 Å². The molecule has 0 aromatic heterocycles. The van der Waals surface area contributed by atoms with Crippen LogP contribution in [0.1, 0.15) is 25.8 Å².